The van der Waals surface area contributed by atoms with Crippen molar-refractivity contribution in [3.05, 3.63) is 41.9 Å². The van der Waals surface area contributed by atoms with Crippen molar-refractivity contribution in [3.63, 3.8) is 0 Å². The fourth-order valence-electron chi connectivity index (χ4n) is 2.03. The highest BCUT2D eigenvalue weighted by atomic mass is 16.1. The van der Waals surface area contributed by atoms with E-state index in [1.165, 1.54) is 6.33 Å². The Labute approximate surface area is 131 Å². The van der Waals surface area contributed by atoms with Gasteiger partial charge in [0.1, 0.15) is 12.1 Å². The van der Waals surface area contributed by atoms with Crippen LogP contribution in [0.5, 0.6) is 0 Å². The molecule has 5 nitrogen and oxygen atoms in total. The summed E-state index contributed by atoms with van der Waals surface area (Å²) in [7, 11) is 0. The lowest BCUT2D eigenvalue weighted by atomic mass is 10.1. The monoisotopic (exact) mass is 298 g/mol. The highest BCUT2D eigenvalue weighted by Gasteiger charge is 2.10. The smallest absolute Gasteiger partial charge is 0.226 e. The van der Waals surface area contributed by atoms with Crippen molar-refractivity contribution < 1.29 is 4.79 Å². The first-order valence-corrected chi connectivity index (χ1v) is 7.49. The van der Waals surface area contributed by atoms with Crippen LogP contribution < -0.4 is 10.6 Å². The van der Waals surface area contributed by atoms with Crippen LogP contribution in [0.2, 0.25) is 0 Å². The summed E-state index contributed by atoms with van der Waals surface area (Å²) < 4.78 is 0. The average Bonchev–Trinajstić information content (AvgIpc) is 2.47. The van der Waals surface area contributed by atoms with Crippen LogP contribution in [0.15, 0.2) is 30.6 Å². The van der Waals surface area contributed by atoms with Crippen molar-refractivity contribution in [1.82, 2.24) is 9.97 Å². The lowest BCUT2D eigenvalue weighted by Gasteiger charge is -2.14. The van der Waals surface area contributed by atoms with E-state index >= 15 is 0 Å². The van der Waals surface area contributed by atoms with Gasteiger partial charge in [0.2, 0.25) is 5.91 Å². The normalized spacial score (nSPS) is 10.6. The molecule has 0 bridgehead atoms. The zero-order valence-corrected chi connectivity index (χ0v) is 13.5. The van der Waals surface area contributed by atoms with Crippen molar-refractivity contribution in [3.8, 4) is 0 Å². The summed E-state index contributed by atoms with van der Waals surface area (Å²) >= 11 is 0. The molecule has 0 saturated carbocycles. The number of hydrogen-bond donors (Lipinski definition) is 2. The van der Waals surface area contributed by atoms with Gasteiger partial charge in [-0.1, -0.05) is 26.8 Å². The Bertz CT molecular complexity index is 667. The maximum Gasteiger partial charge on any atom is 0.226 e. The van der Waals surface area contributed by atoms with E-state index in [1.54, 1.807) is 0 Å². The Morgan fingerprint density at radius 2 is 2.00 bits per heavy atom. The highest BCUT2D eigenvalue weighted by Crippen LogP contribution is 2.24. The molecular formula is C17H22N4O. The number of rotatable bonds is 5. The number of nitrogens with one attached hydrogen (secondary N) is 2. The van der Waals surface area contributed by atoms with Crippen molar-refractivity contribution in [2.24, 2.45) is 5.92 Å². The van der Waals surface area contributed by atoms with E-state index in [-0.39, 0.29) is 11.8 Å². The molecule has 116 valence electrons. The highest BCUT2D eigenvalue weighted by molar-refractivity contribution is 5.93. The molecule has 0 spiro atoms. The van der Waals surface area contributed by atoms with Crippen LogP contribution in [0.1, 0.15) is 32.0 Å². The number of hydrogen-bond acceptors (Lipinski definition) is 4. The molecule has 0 unspecified atom stereocenters. The van der Waals surface area contributed by atoms with E-state index in [0.29, 0.717) is 0 Å². The van der Waals surface area contributed by atoms with Gasteiger partial charge >= 0.3 is 0 Å². The number of carbonyl (C=O) groups is 1. The van der Waals surface area contributed by atoms with Gasteiger partial charge in [-0.15, -0.1) is 0 Å². The summed E-state index contributed by atoms with van der Waals surface area (Å²) in [4.78, 5) is 20.2. The second-order valence-electron chi connectivity index (χ2n) is 5.54. The molecule has 0 radical (unpaired) electrons. The van der Waals surface area contributed by atoms with Gasteiger partial charge in [0, 0.05) is 29.1 Å². The molecule has 0 aliphatic carbocycles. The average molecular weight is 298 g/mol. The third-order valence-corrected chi connectivity index (χ3v) is 3.35. The van der Waals surface area contributed by atoms with Crippen molar-refractivity contribution in [1.29, 1.82) is 0 Å². The summed E-state index contributed by atoms with van der Waals surface area (Å²) in [5.74, 6) is 0.702. The second-order valence-corrected chi connectivity index (χ2v) is 5.54. The largest absolute Gasteiger partial charge is 0.340 e. The molecule has 2 rings (SSSR count). The Balaban J connectivity index is 2.24. The zero-order valence-electron chi connectivity index (χ0n) is 13.5. The van der Waals surface area contributed by atoms with Gasteiger partial charge in [0.25, 0.3) is 0 Å². The quantitative estimate of drug-likeness (QED) is 0.883. The van der Waals surface area contributed by atoms with Crippen LogP contribution in [0.4, 0.5) is 17.2 Å². The Hall–Kier alpha value is -2.43. The number of anilines is 3. The molecule has 5 heteroatoms. The van der Waals surface area contributed by atoms with Crippen LogP contribution in [-0.4, -0.2) is 15.9 Å². The van der Waals surface area contributed by atoms with Crippen LogP contribution >= 0.6 is 0 Å². The first-order chi connectivity index (χ1) is 10.5. The van der Waals surface area contributed by atoms with E-state index in [2.05, 4.69) is 27.5 Å². The van der Waals surface area contributed by atoms with Crippen molar-refractivity contribution >= 4 is 23.1 Å². The summed E-state index contributed by atoms with van der Waals surface area (Å²) in [6.45, 7) is 7.75. The molecule has 2 aromatic rings. The summed E-state index contributed by atoms with van der Waals surface area (Å²) in [6.07, 6.45) is 2.39. The fraction of sp³-hybridized carbons (Fsp3) is 0.353. The van der Waals surface area contributed by atoms with E-state index in [9.17, 15) is 4.79 Å². The number of nitrogens with zero attached hydrogens (tertiary/aromatic N) is 2. The molecule has 1 aromatic carbocycles. The molecule has 0 atom stereocenters. The van der Waals surface area contributed by atoms with Gasteiger partial charge in [-0.05, 0) is 31.0 Å². The van der Waals surface area contributed by atoms with Crippen LogP contribution in [0, 0.1) is 12.8 Å². The SMILES string of the molecule is CCc1ccc(Nc2cc(C)ncn2)cc1NC(=O)C(C)C. The zero-order chi connectivity index (χ0) is 16.1. The maximum absolute atomic E-state index is 11.9. The maximum atomic E-state index is 11.9. The van der Waals surface area contributed by atoms with Gasteiger partial charge in [-0.3, -0.25) is 4.79 Å². The first kappa shape index (κ1) is 15.9. The van der Waals surface area contributed by atoms with Gasteiger partial charge in [0.15, 0.2) is 0 Å². The minimum Gasteiger partial charge on any atom is -0.340 e. The van der Waals surface area contributed by atoms with Crippen molar-refractivity contribution in [2.75, 3.05) is 10.6 Å². The number of aromatic nitrogens is 2. The molecule has 0 fully saturated rings. The molecule has 2 N–H and O–H groups in total. The van der Waals surface area contributed by atoms with Gasteiger partial charge < -0.3 is 10.6 Å². The van der Waals surface area contributed by atoms with Gasteiger partial charge in [-0.25, -0.2) is 9.97 Å². The van der Waals surface area contributed by atoms with Gasteiger partial charge in [0.05, 0.1) is 0 Å². The number of aryl methyl sites for hydroxylation is 2. The Kier molecular flexibility index (Phi) is 5.09. The molecular weight excluding hydrogens is 276 g/mol. The number of benzene rings is 1. The first-order valence-electron chi connectivity index (χ1n) is 7.49. The van der Waals surface area contributed by atoms with Crippen LogP contribution in [0.3, 0.4) is 0 Å². The molecule has 1 heterocycles. The standard InChI is InChI=1S/C17H22N4O/c1-5-13-6-7-14(9-15(13)21-17(22)11(2)3)20-16-8-12(4)18-10-19-16/h6-11H,5H2,1-4H3,(H,21,22)(H,18,19,20). The minimum atomic E-state index is -0.0502. The lowest BCUT2D eigenvalue weighted by molar-refractivity contribution is -0.118. The number of amides is 1. The molecule has 22 heavy (non-hydrogen) atoms. The summed E-state index contributed by atoms with van der Waals surface area (Å²) in [5, 5.41) is 6.22. The molecule has 1 aromatic heterocycles. The van der Waals surface area contributed by atoms with Crippen molar-refractivity contribution in [2.45, 2.75) is 34.1 Å². The molecule has 1 amide bonds. The predicted molar refractivity (Wildman–Crippen MR) is 89.3 cm³/mol. The molecule has 0 saturated heterocycles. The second kappa shape index (κ2) is 7.02. The van der Waals surface area contributed by atoms with Crippen LogP contribution in [-0.2, 0) is 11.2 Å². The topological polar surface area (TPSA) is 66.9 Å². The lowest BCUT2D eigenvalue weighted by Crippen LogP contribution is -2.18. The number of carbonyl (C=O) groups excluding carboxylic acids is 1. The third kappa shape index (κ3) is 4.04. The Morgan fingerprint density at radius 1 is 1.23 bits per heavy atom. The van der Waals surface area contributed by atoms with E-state index in [4.69, 9.17) is 0 Å². The Morgan fingerprint density at radius 3 is 2.64 bits per heavy atom. The van der Waals surface area contributed by atoms with Gasteiger partial charge in [-0.2, -0.15) is 0 Å². The van der Waals surface area contributed by atoms with E-state index in [0.717, 1.165) is 34.9 Å². The fourth-order valence-corrected chi connectivity index (χ4v) is 2.03. The van der Waals surface area contributed by atoms with E-state index < -0.39 is 0 Å². The predicted octanol–water partition coefficient (Wildman–Crippen LogP) is 3.69. The van der Waals surface area contributed by atoms with E-state index in [1.807, 2.05) is 45.0 Å². The summed E-state index contributed by atoms with van der Waals surface area (Å²) in [6, 6.07) is 7.82. The van der Waals surface area contributed by atoms with Crippen LogP contribution in [0.25, 0.3) is 0 Å². The third-order valence-electron chi connectivity index (χ3n) is 3.35. The molecule has 0 aliphatic heterocycles. The minimum absolute atomic E-state index is 0.0183. The summed E-state index contributed by atoms with van der Waals surface area (Å²) in [5.41, 5.74) is 3.74. The molecule has 0 aliphatic rings.